The summed E-state index contributed by atoms with van der Waals surface area (Å²) in [5, 5.41) is 1.24. The van der Waals surface area contributed by atoms with Gasteiger partial charge in [-0.3, -0.25) is 14.2 Å². The molecule has 0 spiro atoms. The fraction of sp³-hybridized carbons (Fsp3) is 0.258. The van der Waals surface area contributed by atoms with Crippen molar-refractivity contribution in [2.24, 2.45) is 5.92 Å². The number of aryl methyl sites for hydroxylation is 2. The molecule has 0 amide bonds. The third kappa shape index (κ3) is 4.72. The largest absolute Gasteiger partial charge is 0.318 e. The molecule has 1 atom stereocenters. The average molecular weight is 592 g/mol. The Bertz CT molecular complexity index is 1840. The van der Waals surface area contributed by atoms with E-state index in [4.69, 9.17) is 16.6 Å². The highest BCUT2D eigenvalue weighted by molar-refractivity contribution is 7.99. The summed E-state index contributed by atoms with van der Waals surface area (Å²) in [6.07, 6.45) is 2.93. The van der Waals surface area contributed by atoms with Crippen LogP contribution in [0.4, 0.5) is 4.39 Å². The van der Waals surface area contributed by atoms with Crippen LogP contribution in [0.1, 0.15) is 45.5 Å². The first kappa shape index (κ1) is 27.0. The molecule has 0 radical (unpaired) electrons. The summed E-state index contributed by atoms with van der Waals surface area (Å²) in [5.41, 5.74) is 4.63. The van der Waals surface area contributed by atoms with Gasteiger partial charge in [0.1, 0.15) is 10.6 Å². The normalized spacial score (nSPS) is 15.0. The zero-order valence-electron chi connectivity index (χ0n) is 22.3. The maximum atomic E-state index is 14.0. The van der Waals surface area contributed by atoms with Crippen molar-refractivity contribution >= 4 is 50.7 Å². The summed E-state index contributed by atoms with van der Waals surface area (Å²) in [7, 11) is 0. The van der Waals surface area contributed by atoms with Gasteiger partial charge in [-0.1, -0.05) is 48.5 Å². The highest BCUT2D eigenvalue weighted by Gasteiger charge is 2.26. The number of thiophene rings is 1. The quantitative estimate of drug-likeness (QED) is 0.115. The van der Waals surface area contributed by atoms with Crippen LogP contribution >= 0.6 is 34.7 Å². The summed E-state index contributed by atoms with van der Waals surface area (Å²) in [6.45, 7) is 6.01. The molecule has 5 aromatic rings. The van der Waals surface area contributed by atoms with Crippen LogP contribution < -0.4 is 5.56 Å². The molecule has 1 aliphatic rings. The SMILES string of the molecule is Cc1cc(C(=O)CSc2nc3sc4c(c3c(=O)n2-c2ccccc2)CCC(C)C4)c(C)n1-c1ccc(F)c(Cl)c1. The lowest BCUT2D eigenvalue weighted by molar-refractivity contribution is 0.102. The number of carbonyl (C=O) groups excluding carboxylic acids is 1. The number of fused-ring (bicyclic) bond motifs is 3. The number of Topliss-reactive ketones (excluding diaryl/α,β-unsaturated/α-hetero) is 1. The predicted molar refractivity (Wildman–Crippen MR) is 162 cm³/mol. The average Bonchev–Trinajstić information content (AvgIpc) is 3.45. The summed E-state index contributed by atoms with van der Waals surface area (Å²) in [5.74, 6) is 0.135. The van der Waals surface area contributed by atoms with Crippen LogP contribution in [0.5, 0.6) is 0 Å². The highest BCUT2D eigenvalue weighted by atomic mass is 35.5. The summed E-state index contributed by atoms with van der Waals surface area (Å²) in [6, 6.07) is 15.8. The van der Waals surface area contributed by atoms with Crippen LogP contribution in [-0.2, 0) is 12.8 Å². The standard InChI is InChI=1S/C31H27ClFN3O2S2/c1-17-9-11-22-27(13-17)40-29-28(22)30(38)36(20-7-5-4-6-8-20)31(34-29)39-16-26(37)23-14-18(2)35(19(23)3)21-10-12-25(33)24(32)15-21/h4-8,10,12,14-15,17H,9,11,13,16H2,1-3H3. The Kier molecular flexibility index (Phi) is 7.19. The van der Waals surface area contributed by atoms with Crippen LogP contribution in [0, 0.1) is 25.6 Å². The maximum absolute atomic E-state index is 14.0. The second kappa shape index (κ2) is 10.7. The van der Waals surface area contributed by atoms with Gasteiger partial charge in [-0.15, -0.1) is 11.3 Å². The number of halogens is 2. The first-order valence-electron chi connectivity index (χ1n) is 13.2. The van der Waals surface area contributed by atoms with Gasteiger partial charge in [0.25, 0.3) is 5.56 Å². The molecule has 1 aliphatic carbocycles. The van der Waals surface area contributed by atoms with Gasteiger partial charge >= 0.3 is 0 Å². The first-order valence-corrected chi connectivity index (χ1v) is 15.3. The van der Waals surface area contributed by atoms with Crippen molar-refractivity contribution < 1.29 is 9.18 Å². The fourth-order valence-corrected chi connectivity index (χ4v) is 8.04. The van der Waals surface area contributed by atoms with Crippen LogP contribution in [-0.4, -0.2) is 25.7 Å². The van der Waals surface area contributed by atoms with Gasteiger partial charge in [0.05, 0.1) is 21.8 Å². The van der Waals surface area contributed by atoms with Crippen molar-refractivity contribution in [3.63, 3.8) is 0 Å². The van der Waals surface area contributed by atoms with Crippen LogP contribution in [0.15, 0.2) is 64.5 Å². The van der Waals surface area contributed by atoms with Gasteiger partial charge in [-0.05, 0) is 81.0 Å². The van der Waals surface area contributed by atoms with E-state index in [0.717, 1.165) is 46.7 Å². The number of aromatic nitrogens is 3. The fourth-order valence-electron chi connectivity index (χ4n) is 5.55. The van der Waals surface area contributed by atoms with Crippen molar-refractivity contribution in [2.45, 2.75) is 45.2 Å². The monoisotopic (exact) mass is 591 g/mol. The Morgan fingerprint density at radius 1 is 1.12 bits per heavy atom. The number of rotatable bonds is 6. The topological polar surface area (TPSA) is 56.9 Å². The zero-order chi connectivity index (χ0) is 28.1. The van der Waals surface area contributed by atoms with Crippen LogP contribution in [0.2, 0.25) is 5.02 Å². The smallest absolute Gasteiger partial charge is 0.267 e. The van der Waals surface area contributed by atoms with Gasteiger partial charge in [0.2, 0.25) is 0 Å². The molecule has 0 saturated carbocycles. The second-order valence-electron chi connectivity index (χ2n) is 10.3. The third-order valence-corrected chi connectivity index (χ3v) is 9.91. The van der Waals surface area contributed by atoms with Crippen LogP contribution in [0.25, 0.3) is 21.6 Å². The van der Waals surface area contributed by atoms with E-state index in [-0.39, 0.29) is 22.1 Å². The maximum Gasteiger partial charge on any atom is 0.267 e. The molecule has 40 heavy (non-hydrogen) atoms. The van der Waals surface area contributed by atoms with Crippen molar-refractivity contribution in [3.8, 4) is 11.4 Å². The lowest BCUT2D eigenvalue weighted by Gasteiger charge is -2.17. The number of ketones is 1. The summed E-state index contributed by atoms with van der Waals surface area (Å²) < 4.78 is 17.3. The Morgan fingerprint density at radius 3 is 2.65 bits per heavy atom. The van der Waals surface area contributed by atoms with E-state index in [9.17, 15) is 14.0 Å². The van der Waals surface area contributed by atoms with E-state index >= 15 is 0 Å². The number of carbonyl (C=O) groups is 1. The van der Waals surface area contributed by atoms with E-state index < -0.39 is 5.82 Å². The summed E-state index contributed by atoms with van der Waals surface area (Å²) in [4.78, 5) is 34.5. The van der Waals surface area contributed by atoms with Crippen molar-refractivity contribution in [2.75, 3.05) is 5.75 Å². The first-order chi connectivity index (χ1) is 19.2. The molecule has 0 saturated heterocycles. The minimum absolute atomic E-state index is 0.0264. The van der Waals surface area contributed by atoms with E-state index in [2.05, 4.69) is 6.92 Å². The Labute approximate surface area is 244 Å². The molecule has 1 unspecified atom stereocenters. The number of hydrogen-bond donors (Lipinski definition) is 0. The van der Waals surface area contributed by atoms with Crippen LogP contribution in [0.3, 0.4) is 0 Å². The lowest BCUT2D eigenvalue weighted by atomic mass is 9.89. The van der Waals surface area contributed by atoms with E-state index in [1.807, 2.05) is 54.8 Å². The molecule has 2 aromatic carbocycles. The van der Waals surface area contributed by atoms with Crippen molar-refractivity contribution in [1.29, 1.82) is 0 Å². The number of thioether (sulfide) groups is 1. The Hall–Kier alpha value is -3.20. The Balaban J connectivity index is 1.37. The molecule has 5 nitrogen and oxygen atoms in total. The molecule has 0 aliphatic heterocycles. The van der Waals surface area contributed by atoms with Gasteiger partial charge < -0.3 is 4.57 Å². The van der Waals surface area contributed by atoms with Crippen molar-refractivity contribution in [1.82, 2.24) is 14.1 Å². The molecule has 204 valence electrons. The van der Waals surface area contributed by atoms with Crippen molar-refractivity contribution in [3.05, 3.63) is 103 Å². The third-order valence-electron chi connectivity index (χ3n) is 7.54. The molecule has 3 aromatic heterocycles. The molecular weight excluding hydrogens is 565 g/mol. The molecule has 0 bridgehead atoms. The van der Waals surface area contributed by atoms with E-state index in [1.165, 1.54) is 22.7 Å². The van der Waals surface area contributed by atoms with E-state index in [1.54, 1.807) is 28.0 Å². The number of para-hydroxylation sites is 1. The number of nitrogens with zero attached hydrogens (tertiary/aromatic N) is 3. The molecular formula is C31H27ClFN3O2S2. The summed E-state index contributed by atoms with van der Waals surface area (Å²) >= 11 is 8.91. The number of benzene rings is 2. The molecule has 6 rings (SSSR count). The van der Waals surface area contributed by atoms with Gasteiger partial charge in [-0.2, -0.15) is 0 Å². The molecule has 9 heteroatoms. The zero-order valence-corrected chi connectivity index (χ0v) is 24.7. The molecule has 3 heterocycles. The highest BCUT2D eigenvalue weighted by Crippen LogP contribution is 2.37. The lowest BCUT2D eigenvalue weighted by Crippen LogP contribution is -2.23. The second-order valence-corrected chi connectivity index (χ2v) is 12.8. The minimum Gasteiger partial charge on any atom is -0.318 e. The predicted octanol–water partition coefficient (Wildman–Crippen LogP) is 7.75. The van der Waals surface area contributed by atoms with Gasteiger partial charge in [0, 0.05) is 27.5 Å². The minimum atomic E-state index is -0.490. The van der Waals surface area contributed by atoms with Gasteiger partial charge in [0.15, 0.2) is 10.9 Å². The Morgan fingerprint density at radius 2 is 1.90 bits per heavy atom. The molecule has 0 N–H and O–H groups in total. The van der Waals surface area contributed by atoms with E-state index in [0.29, 0.717) is 27.7 Å². The van der Waals surface area contributed by atoms with Gasteiger partial charge in [-0.25, -0.2) is 9.37 Å². The molecule has 0 fully saturated rings. The number of hydrogen-bond acceptors (Lipinski definition) is 5.